The third-order valence-corrected chi connectivity index (χ3v) is 4.85. The molecule has 0 spiro atoms. The molecular formula is C15H23N3O2S. The lowest BCUT2D eigenvalue weighted by Crippen LogP contribution is -2.28. The molecule has 1 atom stereocenters. The molecule has 1 aliphatic rings. The van der Waals surface area contributed by atoms with Crippen LogP contribution in [0.4, 0.5) is 0 Å². The van der Waals surface area contributed by atoms with E-state index in [2.05, 4.69) is 29.1 Å². The van der Waals surface area contributed by atoms with Crippen molar-refractivity contribution in [1.29, 1.82) is 0 Å². The van der Waals surface area contributed by atoms with Crippen molar-refractivity contribution in [1.82, 2.24) is 15.3 Å². The molecule has 21 heavy (non-hydrogen) atoms. The maximum Gasteiger partial charge on any atom is 0.357 e. The molecule has 0 saturated heterocycles. The smallest absolute Gasteiger partial charge is 0.357 e. The average molecular weight is 309 g/mol. The summed E-state index contributed by atoms with van der Waals surface area (Å²) in [4.78, 5) is 21.2. The van der Waals surface area contributed by atoms with Crippen molar-refractivity contribution in [2.45, 2.75) is 51.2 Å². The number of fused-ring (bicyclic) bond motifs is 1. The number of hydrogen-bond donors (Lipinski definition) is 1. The van der Waals surface area contributed by atoms with E-state index in [0.29, 0.717) is 24.1 Å². The summed E-state index contributed by atoms with van der Waals surface area (Å²) in [7, 11) is 0. The zero-order valence-electron chi connectivity index (χ0n) is 12.9. The van der Waals surface area contributed by atoms with E-state index in [1.165, 1.54) is 0 Å². The van der Waals surface area contributed by atoms with Crippen LogP contribution < -0.4 is 5.32 Å². The zero-order chi connectivity index (χ0) is 15.2. The van der Waals surface area contributed by atoms with Gasteiger partial charge in [-0.05, 0) is 13.3 Å². The van der Waals surface area contributed by atoms with Crippen LogP contribution >= 0.6 is 11.8 Å². The Hall–Kier alpha value is -1.14. The monoisotopic (exact) mass is 309 g/mol. The number of ether oxygens (including phenoxy) is 1. The van der Waals surface area contributed by atoms with Crippen LogP contribution in [0.5, 0.6) is 0 Å². The van der Waals surface area contributed by atoms with Crippen LogP contribution in [0, 0.1) is 0 Å². The molecule has 1 N–H and O–H groups in total. The second kappa shape index (κ2) is 7.75. The molecule has 5 nitrogen and oxygen atoms in total. The molecule has 1 aromatic heterocycles. The van der Waals surface area contributed by atoms with Gasteiger partial charge < -0.3 is 10.1 Å². The van der Waals surface area contributed by atoms with Crippen LogP contribution in [-0.2, 0) is 23.5 Å². The first-order chi connectivity index (χ1) is 10.2. The molecule has 1 unspecified atom stereocenters. The molecule has 116 valence electrons. The molecule has 0 aromatic carbocycles. The molecule has 1 aromatic rings. The number of aromatic nitrogens is 2. The SMILES string of the molecule is CCOC(=O)c1nc(CSC(C)CC)nc2c1CNCC2. The van der Waals surface area contributed by atoms with E-state index in [-0.39, 0.29) is 5.97 Å². The minimum Gasteiger partial charge on any atom is -0.461 e. The third-order valence-electron chi connectivity index (χ3n) is 3.52. The van der Waals surface area contributed by atoms with Crippen LogP contribution in [0.1, 0.15) is 54.8 Å². The van der Waals surface area contributed by atoms with E-state index >= 15 is 0 Å². The summed E-state index contributed by atoms with van der Waals surface area (Å²) < 4.78 is 5.13. The van der Waals surface area contributed by atoms with Gasteiger partial charge in [-0.3, -0.25) is 0 Å². The maximum atomic E-state index is 12.1. The van der Waals surface area contributed by atoms with E-state index in [1.54, 1.807) is 0 Å². The second-order valence-corrected chi connectivity index (χ2v) is 6.52. The Morgan fingerprint density at radius 3 is 2.95 bits per heavy atom. The lowest BCUT2D eigenvalue weighted by molar-refractivity contribution is 0.0516. The van der Waals surface area contributed by atoms with Gasteiger partial charge in [-0.15, -0.1) is 0 Å². The summed E-state index contributed by atoms with van der Waals surface area (Å²) in [6.07, 6.45) is 1.95. The standard InChI is InChI=1S/C15H23N3O2S/c1-4-10(3)21-9-13-17-12-6-7-16-8-11(12)14(18-13)15(19)20-5-2/h10,16H,4-9H2,1-3H3. The van der Waals surface area contributed by atoms with Crippen LogP contribution in [0.15, 0.2) is 0 Å². The van der Waals surface area contributed by atoms with Gasteiger partial charge in [0.15, 0.2) is 5.69 Å². The Morgan fingerprint density at radius 1 is 1.43 bits per heavy atom. The number of carbonyl (C=O) groups is 1. The number of rotatable bonds is 6. The molecule has 0 fully saturated rings. The highest BCUT2D eigenvalue weighted by Crippen LogP contribution is 2.21. The summed E-state index contributed by atoms with van der Waals surface area (Å²) in [5.74, 6) is 1.14. The third kappa shape index (κ3) is 4.17. The fourth-order valence-electron chi connectivity index (χ4n) is 2.16. The van der Waals surface area contributed by atoms with Crippen LogP contribution in [-0.4, -0.2) is 34.3 Å². The van der Waals surface area contributed by atoms with Crippen molar-refractivity contribution in [2.24, 2.45) is 0 Å². The average Bonchev–Trinajstić information content (AvgIpc) is 2.51. The van der Waals surface area contributed by atoms with Gasteiger partial charge in [0.2, 0.25) is 0 Å². The highest BCUT2D eigenvalue weighted by molar-refractivity contribution is 7.99. The van der Waals surface area contributed by atoms with Gasteiger partial charge in [-0.25, -0.2) is 14.8 Å². The topological polar surface area (TPSA) is 64.1 Å². The predicted octanol–water partition coefficient (Wildman–Crippen LogP) is 2.33. The first-order valence-corrected chi connectivity index (χ1v) is 8.58. The maximum absolute atomic E-state index is 12.1. The normalized spacial score (nSPS) is 15.4. The Bertz CT molecular complexity index is 508. The highest BCUT2D eigenvalue weighted by Gasteiger charge is 2.23. The number of nitrogens with zero attached hydrogens (tertiary/aromatic N) is 2. The largest absolute Gasteiger partial charge is 0.461 e. The van der Waals surface area contributed by atoms with Crippen molar-refractivity contribution >= 4 is 17.7 Å². The van der Waals surface area contributed by atoms with E-state index in [4.69, 9.17) is 4.74 Å². The second-order valence-electron chi connectivity index (χ2n) is 5.09. The molecule has 0 saturated carbocycles. The summed E-state index contributed by atoms with van der Waals surface area (Å²) in [6, 6.07) is 0. The zero-order valence-corrected chi connectivity index (χ0v) is 13.8. The minimum absolute atomic E-state index is 0.338. The Kier molecular flexibility index (Phi) is 5.99. The number of hydrogen-bond acceptors (Lipinski definition) is 6. The Labute approximate surface area is 130 Å². The summed E-state index contributed by atoms with van der Waals surface area (Å²) in [6.45, 7) is 8.07. The van der Waals surface area contributed by atoms with Gasteiger partial charge in [-0.2, -0.15) is 11.8 Å². The minimum atomic E-state index is -0.338. The number of nitrogens with one attached hydrogen (secondary N) is 1. The van der Waals surface area contributed by atoms with E-state index in [9.17, 15) is 4.79 Å². The predicted molar refractivity (Wildman–Crippen MR) is 84.4 cm³/mol. The molecular weight excluding hydrogens is 286 g/mol. The van der Waals surface area contributed by atoms with Gasteiger partial charge in [0.25, 0.3) is 0 Å². The number of esters is 1. The van der Waals surface area contributed by atoms with E-state index in [0.717, 1.165) is 42.2 Å². The van der Waals surface area contributed by atoms with E-state index < -0.39 is 0 Å². The summed E-state index contributed by atoms with van der Waals surface area (Å²) >= 11 is 1.82. The molecule has 2 heterocycles. The van der Waals surface area contributed by atoms with Crippen LogP contribution in [0.2, 0.25) is 0 Å². The van der Waals surface area contributed by atoms with Crippen molar-refractivity contribution in [3.8, 4) is 0 Å². The number of carbonyl (C=O) groups excluding carboxylic acids is 1. The molecule has 2 rings (SSSR count). The van der Waals surface area contributed by atoms with Crippen molar-refractivity contribution in [3.63, 3.8) is 0 Å². The van der Waals surface area contributed by atoms with E-state index in [1.807, 2.05) is 18.7 Å². The van der Waals surface area contributed by atoms with Crippen LogP contribution in [0.3, 0.4) is 0 Å². The molecule has 0 bridgehead atoms. The highest BCUT2D eigenvalue weighted by atomic mass is 32.2. The molecule has 0 radical (unpaired) electrons. The lowest BCUT2D eigenvalue weighted by Gasteiger charge is -2.19. The summed E-state index contributed by atoms with van der Waals surface area (Å²) in [5.41, 5.74) is 2.33. The van der Waals surface area contributed by atoms with Gasteiger partial charge >= 0.3 is 5.97 Å². The van der Waals surface area contributed by atoms with Gasteiger partial charge in [0.1, 0.15) is 5.82 Å². The molecule has 6 heteroatoms. The van der Waals surface area contributed by atoms with Gasteiger partial charge in [0.05, 0.1) is 18.1 Å². The first kappa shape index (κ1) is 16.2. The quantitative estimate of drug-likeness (QED) is 0.814. The summed E-state index contributed by atoms with van der Waals surface area (Å²) in [5, 5.41) is 3.83. The molecule has 0 amide bonds. The van der Waals surface area contributed by atoms with Gasteiger partial charge in [0, 0.05) is 30.3 Å². The lowest BCUT2D eigenvalue weighted by atomic mass is 10.1. The van der Waals surface area contributed by atoms with Crippen LogP contribution in [0.25, 0.3) is 0 Å². The Morgan fingerprint density at radius 2 is 2.24 bits per heavy atom. The molecule has 0 aliphatic carbocycles. The molecule has 1 aliphatic heterocycles. The first-order valence-electron chi connectivity index (χ1n) is 7.53. The van der Waals surface area contributed by atoms with Crippen molar-refractivity contribution in [3.05, 3.63) is 22.8 Å². The fraction of sp³-hybridized carbons (Fsp3) is 0.667. The van der Waals surface area contributed by atoms with Gasteiger partial charge in [-0.1, -0.05) is 13.8 Å². The fourth-order valence-corrected chi connectivity index (χ4v) is 2.96. The van der Waals surface area contributed by atoms with Crippen molar-refractivity contribution < 1.29 is 9.53 Å². The van der Waals surface area contributed by atoms with Crippen molar-refractivity contribution in [2.75, 3.05) is 13.2 Å². The Balaban J connectivity index is 2.26. The number of thioether (sulfide) groups is 1.